The van der Waals surface area contributed by atoms with Gasteiger partial charge in [0.1, 0.15) is 11.3 Å². The van der Waals surface area contributed by atoms with Crippen molar-refractivity contribution in [1.82, 2.24) is 9.88 Å². The number of ether oxygens (including phenoxy) is 2. The predicted octanol–water partition coefficient (Wildman–Crippen LogP) is 4.50. The van der Waals surface area contributed by atoms with Gasteiger partial charge in [-0.25, -0.2) is 4.79 Å². The van der Waals surface area contributed by atoms with E-state index in [1.165, 1.54) is 4.90 Å². The number of thiocarbonyl (C=S) groups is 1. The van der Waals surface area contributed by atoms with Crippen LogP contribution in [0.25, 0.3) is 11.8 Å². The van der Waals surface area contributed by atoms with Crippen LogP contribution in [0.3, 0.4) is 0 Å². The molecule has 2 amide bonds. The largest absolute Gasteiger partial charge is 0.494 e. The minimum absolute atomic E-state index is 0.00737. The second-order valence-corrected chi connectivity index (χ2v) is 8.70. The first kappa shape index (κ1) is 25.8. The summed E-state index contributed by atoms with van der Waals surface area (Å²) in [5, 5.41) is 2.63. The SMILES string of the molecule is CCOC(=O)c1ccc(-n2c(C)cc(/C=C3/C(=O)NC(=S)N(c4cccc(OCC)c4)C3=O)c2C)cc1. The average Bonchev–Trinajstić information content (AvgIpc) is 3.15. The van der Waals surface area contributed by atoms with Crippen LogP contribution in [0, 0.1) is 13.8 Å². The topological polar surface area (TPSA) is 89.9 Å². The van der Waals surface area contributed by atoms with E-state index in [4.69, 9.17) is 21.7 Å². The van der Waals surface area contributed by atoms with Crippen molar-refractivity contribution in [3.05, 3.63) is 82.7 Å². The van der Waals surface area contributed by atoms with E-state index < -0.39 is 11.8 Å². The predicted molar refractivity (Wildman–Crippen MR) is 145 cm³/mol. The number of hydrogen-bond acceptors (Lipinski definition) is 6. The Hall–Kier alpha value is -4.24. The van der Waals surface area contributed by atoms with Crippen LogP contribution in [-0.4, -0.2) is 40.7 Å². The zero-order valence-corrected chi connectivity index (χ0v) is 21.8. The number of anilines is 1. The van der Waals surface area contributed by atoms with Gasteiger partial charge in [-0.3, -0.25) is 19.8 Å². The fourth-order valence-corrected chi connectivity index (χ4v) is 4.50. The van der Waals surface area contributed by atoms with E-state index in [0.29, 0.717) is 35.8 Å². The molecule has 1 saturated heterocycles. The lowest BCUT2D eigenvalue weighted by Crippen LogP contribution is -2.54. The third kappa shape index (κ3) is 5.17. The van der Waals surface area contributed by atoms with Crippen molar-refractivity contribution < 1.29 is 23.9 Å². The number of hydrogen-bond donors (Lipinski definition) is 1. The van der Waals surface area contributed by atoms with Crippen molar-refractivity contribution in [2.24, 2.45) is 0 Å². The molecule has 0 bridgehead atoms. The van der Waals surface area contributed by atoms with Crippen LogP contribution < -0.4 is 15.0 Å². The molecule has 1 aromatic heterocycles. The molecular formula is C28H27N3O5S. The molecule has 0 atom stereocenters. The van der Waals surface area contributed by atoms with Crippen LogP contribution in [-0.2, 0) is 14.3 Å². The zero-order valence-electron chi connectivity index (χ0n) is 21.0. The molecule has 37 heavy (non-hydrogen) atoms. The number of carbonyl (C=O) groups is 3. The number of aryl methyl sites for hydroxylation is 1. The summed E-state index contributed by atoms with van der Waals surface area (Å²) in [7, 11) is 0. The Morgan fingerprint density at radius 2 is 1.73 bits per heavy atom. The summed E-state index contributed by atoms with van der Waals surface area (Å²) in [6.45, 7) is 8.24. The molecule has 0 aliphatic carbocycles. The van der Waals surface area contributed by atoms with Gasteiger partial charge in [0.2, 0.25) is 0 Å². The minimum Gasteiger partial charge on any atom is -0.494 e. The highest BCUT2D eigenvalue weighted by Gasteiger charge is 2.35. The van der Waals surface area contributed by atoms with Gasteiger partial charge in [-0.2, -0.15) is 0 Å². The highest BCUT2D eigenvalue weighted by atomic mass is 32.1. The second-order valence-electron chi connectivity index (χ2n) is 8.32. The summed E-state index contributed by atoms with van der Waals surface area (Å²) >= 11 is 5.32. The van der Waals surface area contributed by atoms with E-state index in [0.717, 1.165) is 17.1 Å². The Morgan fingerprint density at radius 3 is 2.41 bits per heavy atom. The number of nitrogens with zero attached hydrogens (tertiary/aromatic N) is 2. The van der Waals surface area contributed by atoms with Crippen molar-refractivity contribution in [3.8, 4) is 11.4 Å². The second kappa shape index (κ2) is 10.8. The van der Waals surface area contributed by atoms with Gasteiger partial charge in [0.05, 0.1) is 24.5 Å². The van der Waals surface area contributed by atoms with Crippen molar-refractivity contribution in [3.63, 3.8) is 0 Å². The molecule has 0 unspecified atom stereocenters. The summed E-state index contributed by atoms with van der Waals surface area (Å²) in [4.78, 5) is 39.5. The molecule has 2 aromatic carbocycles. The number of carbonyl (C=O) groups excluding carboxylic acids is 3. The number of esters is 1. The summed E-state index contributed by atoms with van der Waals surface area (Å²) in [5.41, 5.74) is 4.20. The lowest BCUT2D eigenvalue weighted by Gasteiger charge is -2.29. The molecule has 1 N–H and O–H groups in total. The third-order valence-electron chi connectivity index (χ3n) is 5.90. The number of rotatable bonds is 7. The number of nitrogens with one attached hydrogen (secondary N) is 1. The van der Waals surface area contributed by atoms with Crippen molar-refractivity contribution >= 4 is 46.9 Å². The molecule has 1 aliphatic rings. The first-order valence-electron chi connectivity index (χ1n) is 11.9. The summed E-state index contributed by atoms with van der Waals surface area (Å²) in [5.74, 6) is -0.867. The van der Waals surface area contributed by atoms with E-state index >= 15 is 0 Å². The van der Waals surface area contributed by atoms with E-state index in [2.05, 4.69) is 5.32 Å². The summed E-state index contributed by atoms with van der Waals surface area (Å²) in [6, 6.07) is 15.9. The van der Waals surface area contributed by atoms with Gasteiger partial charge in [0.25, 0.3) is 11.8 Å². The van der Waals surface area contributed by atoms with Gasteiger partial charge in [-0.15, -0.1) is 0 Å². The molecule has 9 heteroatoms. The van der Waals surface area contributed by atoms with Crippen LogP contribution in [0.4, 0.5) is 5.69 Å². The van der Waals surface area contributed by atoms with Gasteiger partial charge in [0.15, 0.2) is 5.11 Å². The van der Waals surface area contributed by atoms with Crippen LogP contribution in [0.5, 0.6) is 5.75 Å². The van der Waals surface area contributed by atoms with E-state index in [9.17, 15) is 14.4 Å². The molecule has 0 saturated carbocycles. The summed E-state index contributed by atoms with van der Waals surface area (Å²) in [6.07, 6.45) is 1.57. The highest BCUT2D eigenvalue weighted by Crippen LogP contribution is 2.28. The lowest BCUT2D eigenvalue weighted by atomic mass is 10.1. The standard InChI is InChI=1S/C28H27N3O5S/c1-5-35-23-9-7-8-22(16-23)31-26(33)24(25(32)29-28(31)37)15-20-14-17(3)30(18(20)4)21-12-10-19(11-13-21)27(34)36-6-2/h7-16H,5-6H2,1-4H3,(H,29,32,37)/b24-15-. The third-order valence-corrected chi connectivity index (χ3v) is 6.18. The van der Waals surface area contributed by atoms with Crippen molar-refractivity contribution in [2.45, 2.75) is 27.7 Å². The Labute approximate surface area is 220 Å². The quantitative estimate of drug-likeness (QED) is 0.215. The minimum atomic E-state index is -0.559. The van der Waals surface area contributed by atoms with Gasteiger partial charge >= 0.3 is 5.97 Å². The van der Waals surface area contributed by atoms with Crippen LogP contribution in [0.2, 0.25) is 0 Å². The fraction of sp³-hybridized carbons (Fsp3) is 0.214. The van der Waals surface area contributed by atoms with Gasteiger partial charge in [0, 0.05) is 23.1 Å². The zero-order chi connectivity index (χ0) is 26.7. The monoisotopic (exact) mass is 517 g/mol. The van der Waals surface area contributed by atoms with Crippen LogP contribution >= 0.6 is 12.2 Å². The van der Waals surface area contributed by atoms with E-state index in [1.807, 2.05) is 43.5 Å². The normalized spacial score (nSPS) is 14.6. The van der Waals surface area contributed by atoms with Gasteiger partial charge in [-0.05, 0) is 94.0 Å². The molecule has 2 heterocycles. The molecule has 0 spiro atoms. The van der Waals surface area contributed by atoms with Crippen LogP contribution in [0.15, 0.2) is 60.2 Å². The maximum atomic E-state index is 13.5. The maximum Gasteiger partial charge on any atom is 0.338 e. The van der Waals surface area contributed by atoms with Crippen LogP contribution in [0.1, 0.15) is 41.2 Å². The smallest absolute Gasteiger partial charge is 0.338 e. The molecule has 1 fully saturated rings. The number of amides is 2. The molecule has 1 aliphatic heterocycles. The summed E-state index contributed by atoms with van der Waals surface area (Å²) < 4.78 is 12.6. The first-order valence-corrected chi connectivity index (χ1v) is 12.3. The Balaban J connectivity index is 1.68. The lowest BCUT2D eigenvalue weighted by molar-refractivity contribution is -0.122. The Bertz CT molecular complexity index is 1420. The number of benzene rings is 2. The highest BCUT2D eigenvalue weighted by molar-refractivity contribution is 7.80. The van der Waals surface area contributed by atoms with E-state index in [1.54, 1.807) is 49.4 Å². The van der Waals surface area contributed by atoms with Crippen molar-refractivity contribution in [1.29, 1.82) is 0 Å². The van der Waals surface area contributed by atoms with Crippen molar-refractivity contribution in [2.75, 3.05) is 18.1 Å². The molecule has 0 radical (unpaired) electrons. The Morgan fingerprint density at radius 1 is 1.00 bits per heavy atom. The first-order chi connectivity index (χ1) is 17.7. The molecule has 3 aromatic rings. The molecule has 190 valence electrons. The molecular weight excluding hydrogens is 490 g/mol. The molecule has 8 nitrogen and oxygen atoms in total. The van der Waals surface area contributed by atoms with E-state index in [-0.39, 0.29) is 16.7 Å². The molecule has 4 rings (SSSR count). The number of aromatic nitrogens is 1. The van der Waals surface area contributed by atoms with Gasteiger partial charge < -0.3 is 14.0 Å². The fourth-order valence-electron chi connectivity index (χ4n) is 4.22. The average molecular weight is 518 g/mol. The van der Waals surface area contributed by atoms with Gasteiger partial charge in [-0.1, -0.05) is 6.07 Å². The Kier molecular flexibility index (Phi) is 7.54. The maximum absolute atomic E-state index is 13.5.